The van der Waals surface area contributed by atoms with Gasteiger partial charge in [0, 0.05) is 17.9 Å². The zero-order valence-electron chi connectivity index (χ0n) is 15.9. The Bertz CT molecular complexity index is 1290. The van der Waals surface area contributed by atoms with Gasteiger partial charge in [-0.05, 0) is 16.8 Å². The SMILES string of the molecule is CC(=O)NNC(=O)c1csc(-n2nc(-c3cccc4ccccc34)cc2C(F)(F)F)n1. The third-order valence-electron chi connectivity index (χ3n) is 4.32. The van der Waals surface area contributed by atoms with Crippen LogP contribution in [0.25, 0.3) is 27.2 Å². The second-order valence-corrected chi connectivity index (χ2v) is 7.34. The van der Waals surface area contributed by atoms with Crippen molar-refractivity contribution in [1.82, 2.24) is 25.6 Å². The highest BCUT2D eigenvalue weighted by atomic mass is 32.1. The fourth-order valence-electron chi connectivity index (χ4n) is 2.98. The summed E-state index contributed by atoms with van der Waals surface area (Å²) in [6.45, 7) is 1.20. The van der Waals surface area contributed by atoms with Crippen molar-refractivity contribution >= 4 is 33.9 Å². The molecule has 0 unspecified atom stereocenters. The number of halogens is 3. The van der Waals surface area contributed by atoms with E-state index in [0.717, 1.165) is 28.2 Å². The molecule has 31 heavy (non-hydrogen) atoms. The van der Waals surface area contributed by atoms with Gasteiger partial charge >= 0.3 is 6.18 Å². The van der Waals surface area contributed by atoms with E-state index in [4.69, 9.17) is 0 Å². The Labute approximate surface area is 177 Å². The van der Waals surface area contributed by atoms with Gasteiger partial charge in [0.05, 0.1) is 5.69 Å². The molecule has 0 aliphatic carbocycles. The standard InChI is InChI=1S/C20H14F3N5O2S/c1-11(29)25-26-18(30)16-10-31-19(24-16)28-17(20(21,22)23)9-15(27-28)14-8-4-6-12-5-2-3-7-13(12)14/h2-10H,1H3,(H,25,29)(H,26,30). The number of hydrogen-bond acceptors (Lipinski definition) is 5. The molecule has 0 saturated heterocycles. The van der Waals surface area contributed by atoms with Gasteiger partial charge in [0.15, 0.2) is 5.69 Å². The molecule has 2 aromatic carbocycles. The van der Waals surface area contributed by atoms with Crippen LogP contribution in [0.2, 0.25) is 0 Å². The van der Waals surface area contributed by atoms with Crippen molar-refractivity contribution < 1.29 is 22.8 Å². The van der Waals surface area contributed by atoms with Crippen LogP contribution in [-0.2, 0) is 11.0 Å². The maximum atomic E-state index is 13.7. The molecule has 4 aromatic rings. The second-order valence-electron chi connectivity index (χ2n) is 6.50. The lowest BCUT2D eigenvalue weighted by Crippen LogP contribution is -2.40. The maximum Gasteiger partial charge on any atom is 0.433 e. The van der Waals surface area contributed by atoms with Crippen LogP contribution >= 0.6 is 11.3 Å². The van der Waals surface area contributed by atoms with Crippen molar-refractivity contribution in [1.29, 1.82) is 0 Å². The number of hydrazine groups is 1. The van der Waals surface area contributed by atoms with Crippen LogP contribution in [-0.4, -0.2) is 26.6 Å². The van der Waals surface area contributed by atoms with Gasteiger partial charge in [-0.25, -0.2) is 9.67 Å². The first kappa shape index (κ1) is 20.5. The van der Waals surface area contributed by atoms with Crippen molar-refractivity contribution in [2.75, 3.05) is 0 Å². The van der Waals surface area contributed by atoms with E-state index < -0.39 is 23.7 Å². The van der Waals surface area contributed by atoms with E-state index in [-0.39, 0.29) is 16.5 Å². The largest absolute Gasteiger partial charge is 0.433 e. The van der Waals surface area contributed by atoms with E-state index in [9.17, 15) is 22.8 Å². The van der Waals surface area contributed by atoms with Crippen molar-refractivity contribution in [3.8, 4) is 16.4 Å². The summed E-state index contributed by atoms with van der Waals surface area (Å²) in [7, 11) is 0. The van der Waals surface area contributed by atoms with Crippen molar-refractivity contribution in [2.45, 2.75) is 13.1 Å². The molecule has 158 valence electrons. The van der Waals surface area contributed by atoms with E-state index in [1.54, 1.807) is 18.2 Å². The molecule has 0 radical (unpaired) electrons. The highest BCUT2D eigenvalue weighted by molar-refractivity contribution is 7.12. The summed E-state index contributed by atoms with van der Waals surface area (Å²) in [5.41, 5.74) is 3.72. The molecule has 4 rings (SSSR count). The summed E-state index contributed by atoms with van der Waals surface area (Å²) in [4.78, 5) is 26.9. The van der Waals surface area contributed by atoms with E-state index in [1.165, 1.54) is 12.3 Å². The number of carbonyl (C=O) groups is 2. The highest BCUT2D eigenvalue weighted by Gasteiger charge is 2.37. The number of fused-ring (bicyclic) bond motifs is 1. The minimum atomic E-state index is -4.69. The van der Waals surface area contributed by atoms with Crippen molar-refractivity contribution in [3.05, 3.63) is 65.3 Å². The molecule has 0 bridgehead atoms. The monoisotopic (exact) mass is 445 g/mol. The van der Waals surface area contributed by atoms with E-state index in [1.807, 2.05) is 24.3 Å². The molecule has 0 fully saturated rings. The fraction of sp³-hybridized carbons (Fsp3) is 0.100. The van der Waals surface area contributed by atoms with E-state index >= 15 is 0 Å². The number of nitrogens with zero attached hydrogens (tertiary/aromatic N) is 3. The van der Waals surface area contributed by atoms with Crippen LogP contribution in [0.5, 0.6) is 0 Å². The predicted octanol–water partition coefficient (Wildman–Crippen LogP) is 3.95. The number of aromatic nitrogens is 3. The van der Waals surface area contributed by atoms with Crippen LogP contribution in [0.15, 0.2) is 53.9 Å². The van der Waals surface area contributed by atoms with Gasteiger partial charge in [0.1, 0.15) is 5.69 Å². The number of amides is 2. The number of thiazole rings is 1. The van der Waals surface area contributed by atoms with Crippen LogP contribution in [0.1, 0.15) is 23.1 Å². The zero-order chi connectivity index (χ0) is 22.2. The Morgan fingerprint density at radius 2 is 1.81 bits per heavy atom. The van der Waals surface area contributed by atoms with Crippen molar-refractivity contribution in [3.63, 3.8) is 0 Å². The summed E-state index contributed by atoms with van der Waals surface area (Å²) in [5.74, 6) is -1.26. The Morgan fingerprint density at radius 1 is 1.06 bits per heavy atom. The number of hydrogen-bond donors (Lipinski definition) is 2. The third-order valence-corrected chi connectivity index (χ3v) is 5.14. The number of rotatable bonds is 3. The third kappa shape index (κ3) is 4.12. The Morgan fingerprint density at radius 3 is 2.55 bits per heavy atom. The highest BCUT2D eigenvalue weighted by Crippen LogP contribution is 2.36. The Kier molecular flexibility index (Phi) is 5.19. The summed E-state index contributed by atoms with van der Waals surface area (Å²) >= 11 is 0.823. The first-order chi connectivity index (χ1) is 14.7. The molecule has 0 atom stereocenters. The molecule has 2 amide bonds. The molecule has 0 saturated carbocycles. The molecule has 0 aliphatic heterocycles. The normalized spacial score (nSPS) is 11.5. The summed E-state index contributed by atoms with van der Waals surface area (Å²) in [5, 5.41) is 6.94. The van der Waals surface area contributed by atoms with Gasteiger partial charge in [0.2, 0.25) is 11.0 Å². The molecule has 11 heteroatoms. The summed E-state index contributed by atoms with van der Waals surface area (Å²) < 4.78 is 41.9. The quantitative estimate of drug-likeness (QED) is 0.468. The lowest BCUT2D eigenvalue weighted by molar-refractivity contribution is -0.142. The molecule has 0 spiro atoms. The summed E-state index contributed by atoms with van der Waals surface area (Å²) in [6, 6.07) is 13.6. The first-order valence-electron chi connectivity index (χ1n) is 8.92. The number of alkyl halides is 3. The van der Waals surface area contributed by atoms with Crippen LogP contribution in [0, 0.1) is 0 Å². The van der Waals surface area contributed by atoms with E-state index in [0.29, 0.717) is 10.2 Å². The summed E-state index contributed by atoms with van der Waals surface area (Å²) in [6.07, 6.45) is -4.69. The number of nitrogens with one attached hydrogen (secondary N) is 2. The molecule has 0 aliphatic rings. The molecular weight excluding hydrogens is 431 g/mol. The number of carbonyl (C=O) groups excluding carboxylic acids is 2. The zero-order valence-corrected chi connectivity index (χ0v) is 16.7. The molecule has 2 heterocycles. The lowest BCUT2D eigenvalue weighted by atomic mass is 10.0. The van der Waals surface area contributed by atoms with E-state index in [2.05, 4.69) is 20.9 Å². The molecule has 2 N–H and O–H groups in total. The van der Waals surface area contributed by atoms with Gasteiger partial charge in [-0.15, -0.1) is 11.3 Å². The Balaban J connectivity index is 1.78. The minimum Gasteiger partial charge on any atom is -0.274 e. The Hall–Kier alpha value is -3.73. The topological polar surface area (TPSA) is 88.9 Å². The molecule has 2 aromatic heterocycles. The van der Waals surface area contributed by atoms with Crippen LogP contribution < -0.4 is 10.9 Å². The average Bonchev–Trinajstić information content (AvgIpc) is 3.38. The smallest absolute Gasteiger partial charge is 0.274 e. The lowest BCUT2D eigenvalue weighted by Gasteiger charge is -2.07. The van der Waals surface area contributed by atoms with Crippen LogP contribution in [0.4, 0.5) is 13.2 Å². The molecular formula is C20H14F3N5O2S. The van der Waals surface area contributed by atoms with Crippen molar-refractivity contribution in [2.24, 2.45) is 0 Å². The maximum absolute atomic E-state index is 13.7. The first-order valence-corrected chi connectivity index (χ1v) is 9.80. The molecule has 7 nitrogen and oxygen atoms in total. The van der Waals surface area contributed by atoms with Gasteiger partial charge in [-0.1, -0.05) is 42.5 Å². The van der Waals surface area contributed by atoms with Gasteiger partial charge in [-0.3, -0.25) is 20.4 Å². The number of benzene rings is 2. The van der Waals surface area contributed by atoms with Gasteiger partial charge in [0.25, 0.3) is 5.91 Å². The van der Waals surface area contributed by atoms with Gasteiger partial charge < -0.3 is 0 Å². The predicted molar refractivity (Wildman–Crippen MR) is 108 cm³/mol. The van der Waals surface area contributed by atoms with Gasteiger partial charge in [-0.2, -0.15) is 18.3 Å². The minimum absolute atomic E-state index is 0.128. The fourth-order valence-corrected chi connectivity index (χ4v) is 3.75. The van der Waals surface area contributed by atoms with Crippen LogP contribution in [0.3, 0.4) is 0 Å². The average molecular weight is 445 g/mol. The second kappa shape index (κ2) is 7.84.